The first-order chi connectivity index (χ1) is 13.0. The lowest BCUT2D eigenvalue weighted by Gasteiger charge is -2.08. The van der Waals surface area contributed by atoms with Gasteiger partial charge >= 0.3 is 5.97 Å². The number of carbonyl (C=O) groups is 2. The van der Waals surface area contributed by atoms with Crippen molar-refractivity contribution in [3.05, 3.63) is 76.8 Å². The number of halogens is 1. The second-order valence-corrected chi connectivity index (χ2v) is 6.53. The average molecular weight is 430 g/mol. The zero-order chi connectivity index (χ0) is 19.6. The lowest BCUT2D eigenvalue weighted by Crippen LogP contribution is -2.20. The Labute approximate surface area is 166 Å². The minimum atomic E-state index is -0.593. The second-order valence-electron chi connectivity index (χ2n) is 5.62. The molecule has 0 aliphatic carbocycles. The number of anilines is 1. The van der Waals surface area contributed by atoms with Gasteiger partial charge in [0.1, 0.15) is 12.4 Å². The molecule has 5 nitrogen and oxygen atoms in total. The molecule has 1 amide bonds. The van der Waals surface area contributed by atoms with Crippen LogP contribution in [0, 0.1) is 6.92 Å². The molecule has 2 aromatic carbocycles. The summed E-state index contributed by atoms with van der Waals surface area (Å²) in [6.07, 6.45) is 4.55. The fourth-order valence-corrected chi connectivity index (χ4v) is 2.61. The van der Waals surface area contributed by atoms with Gasteiger partial charge in [-0.3, -0.25) is 4.79 Å². The van der Waals surface area contributed by atoms with Gasteiger partial charge < -0.3 is 14.8 Å². The number of carbonyl (C=O) groups excluding carboxylic acids is 2. The maximum atomic E-state index is 11.9. The van der Waals surface area contributed by atoms with Crippen molar-refractivity contribution >= 4 is 39.6 Å². The number of nitrogens with one attached hydrogen (secondary N) is 1. The van der Waals surface area contributed by atoms with E-state index in [0.717, 1.165) is 21.3 Å². The normalized spacial score (nSPS) is 10.4. The molecule has 0 aliphatic rings. The Balaban J connectivity index is 1.80. The molecule has 27 heavy (non-hydrogen) atoms. The Kier molecular flexibility index (Phi) is 7.82. The number of esters is 1. The molecule has 140 valence electrons. The summed E-state index contributed by atoms with van der Waals surface area (Å²) >= 11 is 3.36. The van der Waals surface area contributed by atoms with E-state index in [1.54, 1.807) is 30.4 Å². The zero-order valence-electron chi connectivity index (χ0n) is 14.9. The molecule has 0 aliphatic heterocycles. The summed E-state index contributed by atoms with van der Waals surface area (Å²) in [5.41, 5.74) is 2.39. The molecule has 0 heterocycles. The summed E-state index contributed by atoms with van der Waals surface area (Å²) in [6.45, 7) is 5.54. The predicted octanol–water partition coefficient (Wildman–Crippen LogP) is 4.52. The van der Waals surface area contributed by atoms with E-state index in [-0.39, 0.29) is 6.61 Å². The van der Waals surface area contributed by atoms with Crippen LogP contribution in [0.25, 0.3) is 6.08 Å². The highest BCUT2D eigenvalue weighted by molar-refractivity contribution is 9.10. The highest BCUT2D eigenvalue weighted by atomic mass is 79.9. The minimum absolute atomic E-state index is 0.354. The van der Waals surface area contributed by atoms with E-state index in [1.165, 1.54) is 6.08 Å². The van der Waals surface area contributed by atoms with Gasteiger partial charge in [0.2, 0.25) is 0 Å². The van der Waals surface area contributed by atoms with Crippen LogP contribution in [0.5, 0.6) is 5.75 Å². The van der Waals surface area contributed by atoms with E-state index in [0.29, 0.717) is 12.3 Å². The van der Waals surface area contributed by atoms with Gasteiger partial charge in [-0.1, -0.05) is 40.7 Å². The van der Waals surface area contributed by atoms with Crippen molar-refractivity contribution in [3.8, 4) is 5.75 Å². The Hall–Kier alpha value is -2.86. The molecule has 0 radical (unpaired) electrons. The summed E-state index contributed by atoms with van der Waals surface area (Å²) in [7, 11) is 0. The summed E-state index contributed by atoms with van der Waals surface area (Å²) in [6, 6.07) is 12.7. The van der Waals surface area contributed by atoms with Gasteiger partial charge in [-0.25, -0.2) is 4.79 Å². The van der Waals surface area contributed by atoms with E-state index < -0.39 is 11.9 Å². The van der Waals surface area contributed by atoms with Gasteiger partial charge in [0, 0.05) is 16.2 Å². The van der Waals surface area contributed by atoms with E-state index in [1.807, 2.05) is 31.2 Å². The van der Waals surface area contributed by atoms with Crippen molar-refractivity contribution in [2.75, 3.05) is 18.5 Å². The molecule has 2 rings (SSSR count). The molecule has 0 saturated heterocycles. The molecule has 0 aromatic heterocycles. The number of ether oxygens (including phenoxy) is 2. The molecule has 2 aromatic rings. The van der Waals surface area contributed by atoms with Crippen molar-refractivity contribution in [1.29, 1.82) is 0 Å². The van der Waals surface area contributed by atoms with Gasteiger partial charge in [-0.2, -0.15) is 0 Å². The fourth-order valence-electron chi connectivity index (χ4n) is 2.13. The molecule has 0 spiro atoms. The zero-order valence-corrected chi connectivity index (χ0v) is 16.5. The Bertz CT molecular complexity index is 844. The van der Waals surface area contributed by atoms with Crippen LogP contribution in [0.1, 0.15) is 11.1 Å². The van der Waals surface area contributed by atoms with Gasteiger partial charge in [-0.05, 0) is 54.5 Å². The van der Waals surface area contributed by atoms with Crippen LogP contribution in [0.15, 0.2) is 65.7 Å². The largest absolute Gasteiger partial charge is 0.490 e. The van der Waals surface area contributed by atoms with E-state index in [2.05, 4.69) is 27.8 Å². The number of amides is 1. The van der Waals surface area contributed by atoms with Gasteiger partial charge in [0.25, 0.3) is 5.91 Å². The summed E-state index contributed by atoms with van der Waals surface area (Å²) < 4.78 is 11.3. The first-order valence-corrected chi connectivity index (χ1v) is 9.02. The summed E-state index contributed by atoms with van der Waals surface area (Å²) in [5.74, 6) is -0.273. The van der Waals surface area contributed by atoms with Crippen molar-refractivity contribution < 1.29 is 19.1 Å². The first-order valence-electron chi connectivity index (χ1n) is 8.22. The van der Waals surface area contributed by atoms with Crippen LogP contribution in [-0.4, -0.2) is 25.1 Å². The van der Waals surface area contributed by atoms with Crippen LogP contribution in [0.4, 0.5) is 5.69 Å². The number of hydrogen-bond donors (Lipinski definition) is 1. The van der Waals surface area contributed by atoms with Crippen LogP contribution >= 0.6 is 15.9 Å². The standard InChI is InChI=1S/C21H20BrNO4/c1-3-12-26-18-8-4-16(5-9-18)6-11-21(25)27-14-20(24)23-19-10-7-17(22)13-15(19)2/h3-11,13H,1,12,14H2,2H3,(H,23,24)/b11-6+. The number of hydrogen-bond acceptors (Lipinski definition) is 4. The molecule has 0 fully saturated rings. The van der Waals surface area contributed by atoms with Crippen molar-refractivity contribution in [1.82, 2.24) is 0 Å². The second kappa shape index (κ2) is 10.3. The van der Waals surface area contributed by atoms with Crippen LogP contribution in [0.3, 0.4) is 0 Å². The predicted molar refractivity (Wildman–Crippen MR) is 110 cm³/mol. The van der Waals surface area contributed by atoms with E-state index in [9.17, 15) is 9.59 Å². The minimum Gasteiger partial charge on any atom is -0.490 e. The molecule has 0 atom stereocenters. The van der Waals surface area contributed by atoms with Gasteiger partial charge in [0.15, 0.2) is 6.61 Å². The van der Waals surface area contributed by atoms with Crippen LogP contribution in [0.2, 0.25) is 0 Å². The monoisotopic (exact) mass is 429 g/mol. The van der Waals surface area contributed by atoms with Crippen molar-refractivity contribution in [2.24, 2.45) is 0 Å². The first kappa shape index (κ1) is 20.5. The SMILES string of the molecule is C=CCOc1ccc(/C=C/C(=O)OCC(=O)Nc2ccc(Br)cc2C)cc1. The third-order valence-corrected chi connectivity index (χ3v) is 3.96. The number of rotatable bonds is 8. The summed E-state index contributed by atoms with van der Waals surface area (Å²) in [4.78, 5) is 23.7. The van der Waals surface area contributed by atoms with Crippen LogP contribution < -0.4 is 10.1 Å². The topological polar surface area (TPSA) is 64.6 Å². The number of aryl methyl sites for hydroxylation is 1. The highest BCUT2D eigenvalue weighted by Gasteiger charge is 2.07. The highest BCUT2D eigenvalue weighted by Crippen LogP contribution is 2.19. The third-order valence-electron chi connectivity index (χ3n) is 3.47. The van der Waals surface area contributed by atoms with E-state index in [4.69, 9.17) is 9.47 Å². The maximum absolute atomic E-state index is 11.9. The molecular formula is C21H20BrNO4. The van der Waals surface area contributed by atoms with Gasteiger partial charge in [-0.15, -0.1) is 0 Å². The lowest BCUT2D eigenvalue weighted by atomic mass is 10.2. The third kappa shape index (κ3) is 7.11. The van der Waals surface area contributed by atoms with E-state index >= 15 is 0 Å². The molecule has 6 heteroatoms. The molecule has 1 N–H and O–H groups in total. The van der Waals surface area contributed by atoms with Gasteiger partial charge in [0.05, 0.1) is 0 Å². The Morgan fingerprint density at radius 3 is 2.59 bits per heavy atom. The Morgan fingerprint density at radius 1 is 1.19 bits per heavy atom. The summed E-state index contributed by atoms with van der Waals surface area (Å²) in [5, 5.41) is 2.71. The smallest absolute Gasteiger partial charge is 0.331 e. The fraction of sp³-hybridized carbons (Fsp3) is 0.143. The molecule has 0 saturated carbocycles. The molecular weight excluding hydrogens is 410 g/mol. The number of benzene rings is 2. The molecule has 0 unspecified atom stereocenters. The maximum Gasteiger partial charge on any atom is 0.331 e. The quantitative estimate of drug-likeness (QED) is 0.380. The Morgan fingerprint density at radius 2 is 1.93 bits per heavy atom. The average Bonchev–Trinajstić information content (AvgIpc) is 2.66. The van der Waals surface area contributed by atoms with Crippen molar-refractivity contribution in [2.45, 2.75) is 6.92 Å². The van der Waals surface area contributed by atoms with Crippen LogP contribution in [-0.2, 0) is 14.3 Å². The lowest BCUT2D eigenvalue weighted by molar-refractivity contribution is -0.142. The molecule has 0 bridgehead atoms. The van der Waals surface area contributed by atoms with Crippen molar-refractivity contribution in [3.63, 3.8) is 0 Å².